The molecule has 0 N–H and O–H groups in total. The van der Waals surface area contributed by atoms with Gasteiger partial charge in [0, 0.05) is 5.33 Å². The zero-order chi connectivity index (χ0) is 14.2. The molecule has 20 heavy (non-hydrogen) atoms. The third-order valence-electron chi connectivity index (χ3n) is 2.76. The zero-order valence-corrected chi connectivity index (χ0v) is 12.9. The Morgan fingerprint density at radius 1 is 0.750 bits per heavy atom. The van der Waals surface area contributed by atoms with Crippen molar-refractivity contribution in [1.82, 2.24) is 0 Å². The monoisotopic (exact) mass is 336 g/mol. The summed E-state index contributed by atoms with van der Waals surface area (Å²) in [5.41, 5.74) is 1.23. The Kier molecular flexibility index (Phi) is 5.74. The fourth-order valence-electron chi connectivity index (χ4n) is 1.67. The first-order chi connectivity index (χ1) is 9.81. The molecule has 0 radical (unpaired) electrons. The average Bonchev–Trinajstić information content (AvgIpc) is 2.53. The summed E-state index contributed by atoms with van der Waals surface area (Å²) >= 11 is 3.41. The van der Waals surface area contributed by atoms with Gasteiger partial charge < -0.3 is 14.2 Å². The third kappa shape index (κ3) is 4.46. The molecule has 0 aliphatic heterocycles. The number of alkyl halides is 1. The van der Waals surface area contributed by atoms with Gasteiger partial charge in [0.25, 0.3) is 0 Å². The topological polar surface area (TPSA) is 27.7 Å². The second-order valence-electron chi connectivity index (χ2n) is 4.15. The number of hydrogen-bond donors (Lipinski definition) is 0. The lowest BCUT2D eigenvalue weighted by Crippen LogP contribution is -2.08. The van der Waals surface area contributed by atoms with Crippen LogP contribution in [-0.2, 0) is 5.33 Å². The van der Waals surface area contributed by atoms with Crippen LogP contribution in [0.4, 0.5) is 0 Å². The van der Waals surface area contributed by atoms with Crippen LogP contribution in [0.15, 0.2) is 48.5 Å². The number of benzene rings is 2. The standard InChI is InChI=1S/C16H17BrO3/c1-18-14-6-8-16(9-7-14)20-11-10-19-15-4-2-13(12-17)3-5-15/h2-9H,10-12H2,1H3. The highest BCUT2D eigenvalue weighted by atomic mass is 79.9. The van der Waals surface area contributed by atoms with Crippen molar-refractivity contribution < 1.29 is 14.2 Å². The molecule has 2 aromatic rings. The first kappa shape index (κ1) is 14.7. The van der Waals surface area contributed by atoms with Gasteiger partial charge in [-0.05, 0) is 42.0 Å². The van der Waals surface area contributed by atoms with E-state index >= 15 is 0 Å². The fourth-order valence-corrected chi connectivity index (χ4v) is 2.04. The molecular formula is C16H17BrO3. The van der Waals surface area contributed by atoms with Gasteiger partial charge in [-0.15, -0.1) is 0 Å². The number of ether oxygens (including phenoxy) is 3. The Bertz CT molecular complexity index is 459. The number of hydrogen-bond acceptors (Lipinski definition) is 3. The molecule has 0 aliphatic carbocycles. The van der Waals surface area contributed by atoms with Gasteiger partial charge in [-0.2, -0.15) is 0 Å². The third-order valence-corrected chi connectivity index (χ3v) is 3.41. The summed E-state index contributed by atoms with van der Waals surface area (Å²) in [4.78, 5) is 0. The molecule has 0 saturated carbocycles. The number of methoxy groups -OCH3 is 1. The molecule has 4 heteroatoms. The van der Waals surface area contributed by atoms with Gasteiger partial charge >= 0.3 is 0 Å². The van der Waals surface area contributed by atoms with E-state index in [9.17, 15) is 0 Å². The molecule has 0 saturated heterocycles. The Morgan fingerprint density at radius 2 is 1.20 bits per heavy atom. The summed E-state index contributed by atoms with van der Waals surface area (Å²) in [6, 6.07) is 15.5. The van der Waals surface area contributed by atoms with Crippen LogP contribution in [0.2, 0.25) is 0 Å². The molecule has 0 heterocycles. The minimum atomic E-state index is 0.506. The van der Waals surface area contributed by atoms with Crippen molar-refractivity contribution in [2.24, 2.45) is 0 Å². The van der Waals surface area contributed by atoms with Gasteiger partial charge in [0.1, 0.15) is 30.5 Å². The van der Waals surface area contributed by atoms with E-state index in [1.807, 2.05) is 48.5 Å². The molecule has 0 aliphatic rings. The van der Waals surface area contributed by atoms with E-state index in [1.54, 1.807) is 7.11 Å². The van der Waals surface area contributed by atoms with Gasteiger partial charge in [0.05, 0.1) is 7.11 Å². The smallest absolute Gasteiger partial charge is 0.122 e. The Morgan fingerprint density at radius 3 is 1.65 bits per heavy atom. The largest absolute Gasteiger partial charge is 0.497 e. The van der Waals surface area contributed by atoms with E-state index in [0.717, 1.165) is 22.6 Å². The number of rotatable bonds is 7. The normalized spacial score (nSPS) is 10.1. The highest BCUT2D eigenvalue weighted by molar-refractivity contribution is 9.08. The van der Waals surface area contributed by atoms with Crippen molar-refractivity contribution in [2.75, 3.05) is 20.3 Å². The summed E-state index contributed by atoms with van der Waals surface area (Å²) in [6.45, 7) is 1.02. The molecule has 2 aromatic carbocycles. The second-order valence-corrected chi connectivity index (χ2v) is 4.71. The van der Waals surface area contributed by atoms with Crippen LogP contribution >= 0.6 is 15.9 Å². The molecule has 0 spiro atoms. The lowest BCUT2D eigenvalue weighted by Gasteiger charge is -2.09. The van der Waals surface area contributed by atoms with Gasteiger partial charge in [0.2, 0.25) is 0 Å². The van der Waals surface area contributed by atoms with Crippen molar-refractivity contribution in [3.05, 3.63) is 54.1 Å². The van der Waals surface area contributed by atoms with Crippen molar-refractivity contribution in [2.45, 2.75) is 5.33 Å². The average molecular weight is 337 g/mol. The van der Waals surface area contributed by atoms with E-state index in [0.29, 0.717) is 13.2 Å². The molecule has 2 rings (SSSR count). The minimum Gasteiger partial charge on any atom is -0.497 e. The summed E-state index contributed by atoms with van der Waals surface area (Å²) in [5.74, 6) is 2.48. The SMILES string of the molecule is COc1ccc(OCCOc2ccc(CBr)cc2)cc1. The van der Waals surface area contributed by atoms with Crippen LogP contribution in [0.3, 0.4) is 0 Å². The summed E-state index contributed by atoms with van der Waals surface area (Å²) < 4.78 is 16.3. The van der Waals surface area contributed by atoms with Gasteiger partial charge in [-0.1, -0.05) is 28.1 Å². The quantitative estimate of drug-likeness (QED) is 0.564. The molecule has 0 fully saturated rings. The predicted molar refractivity (Wildman–Crippen MR) is 83.1 cm³/mol. The van der Waals surface area contributed by atoms with Crippen molar-refractivity contribution >= 4 is 15.9 Å². The molecular weight excluding hydrogens is 320 g/mol. The molecule has 106 valence electrons. The summed E-state index contributed by atoms with van der Waals surface area (Å²) in [6.07, 6.45) is 0. The highest BCUT2D eigenvalue weighted by Crippen LogP contribution is 2.17. The van der Waals surface area contributed by atoms with Crippen molar-refractivity contribution in [3.8, 4) is 17.2 Å². The predicted octanol–water partition coefficient (Wildman–Crippen LogP) is 4.05. The summed E-state index contributed by atoms with van der Waals surface area (Å²) in [5, 5.41) is 0.855. The van der Waals surface area contributed by atoms with E-state index in [-0.39, 0.29) is 0 Å². The van der Waals surface area contributed by atoms with Gasteiger partial charge in [-0.25, -0.2) is 0 Å². The fraction of sp³-hybridized carbons (Fsp3) is 0.250. The van der Waals surface area contributed by atoms with Gasteiger partial charge in [0.15, 0.2) is 0 Å². The van der Waals surface area contributed by atoms with Crippen LogP contribution in [0.5, 0.6) is 17.2 Å². The maximum absolute atomic E-state index is 5.61. The summed E-state index contributed by atoms with van der Waals surface area (Å²) in [7, 11) is 1.64. The highest BCUT2D eigenvalue weighted by Gasteiger charge is 1.97. The van der Waals surface area contributed by atoms with Crippen LogP contribution in [-0.4, -0.2) is 20.3 Å². The molecule has 0 amide bonds. The number of halogens is 1. The molecule has 3 nitrogen and oxygen atoms in total. The minimum absolute atomic E-state index is 0.506. The lowest BCUT2D eigenvalue weighted by molar-refractivity contribution is 0.217. The molecule has 0 atom stereocenters. The van der Waals surface area contributed by atoms with Crippen LogP contribution in [0.25, 0.3) is 0 Å². The second kappa shape index (κ2) is 7.80. The lowest BCUT2D eigenvalue weighted by atomic mass is 10.2. The maximum atomic E-state index is 5.61. The first-order valence-corrected chi connectivity index (χ1v) is 7.48. The van der Waals surface area contributed by atoms with E-state index in [1.165, 1.54) is 5.56 Å². The Labute approximate surface area is 127 Å². The molecule has 0 aromatic heterocycles. The van der Waals surface area contributed by atoms with E-state index in [4.69, 9.17) is 14.2 Å². The van der Waals surface area contributed by atoms with Crippen LogP contribution in [0.1, 0.15) is 5.56 Å². The van der Waals surface area contributed by atoms with Crippen LogP contribution in [0, 0.1) is 0 Å². The first-order valence-electron chi connectivity index (χ1n) is 6.36. The maximum Gasteiger partial charge on any atom is 0.122 e. The molecule has 0 unspecified atom stereocenters. The van der Waals surface area contributed by atoms with Crippen molar-refractivity contribution in [3.63, 3.8) is 0 Å². The Hall–Kier alpha value is -1.68. The van der Waals surface area contributed by atoms with E-state index in [2.05, 4.69) is 15.9 Å². The van der Waals surface area contributed by atoms with E-state index < -0.39 is 0 Å². The molecule has 0 bridgehead atoms. The van der Waals surface area contributed by atoms with Gasteiger partial charge in [-0.3, -0.25) is 0 Å². The van der Waals surface area contributed by atoms with Crippen molar-refractivity contribution in [1.29, 1.82) is 0 Å². The zero-order valence-electron chi connectivity index (χ0n) is 11.3. The van der Waals surface area contributed by atoms with Crippen LogP contribution < -0.4 is 14.2 Å². The Balaban J connectivity index is 1.72.